The number of piperazine rings is 1. The number of rotatable bonds is 8. The van der Waals surface area contributed by atoms with Gasteiger partial charge in [-0.3, -0.25) is 14.7 Å². The monoisotopic (exact) mass is 549 g/mol. The molecule has 2 heterocycles. The lowest BCUT2D eigenvalue weighted by atomic mass is 9.83. The quantitative estimate of drug-likeness (QED) is 0.287. The van der Waals surface area contributed by atoms with E-state index in [2.05, 4.69) is 29.0 Å². The fourth-order valence-electron chi connectivity index (χ4n) is 5.28. The van der Waals surface area contributed by atoms with Crippen LogP contribution in [0.3, 0.4) is 0 Å². The molecule has 1 unspecified atom stereocenters. The van der Waals surface area contributed by atoms with E-state index in [0.29, 0.717) is 11.3 Å². The first-order valence-electron chi connectivity index (χ1n) is 12.1. The first-order valence-corrected chi connectivity index (χ1v) is 12.1. The van der Waals surface area contributed by atoms with E-state index in [9.17, 15) is 4.79 Å². The van der Waals surface area contributed by atoms with Crippen molar-refractivity contribution in [2.45, 2.75) is 64.8 Å². The van der Waals surface area contributed by atoms with Crippen molar-refractivity contribution in [1.29, 1.82) is 0 Å². The minimum absolute atomic E-state index is 0. The van der Waals surface area contributed by atoms with Gasteiger partial charge in [-0.2, -0.15) is 0 Å². The van der Waals surface area contributed by atoms with E-state index in [1.807, 2.05) is 4.90 Å². The molecule has 0 aromatic rings. The van der Waals surface area contributed by atoms with Crippen LogP contribution in [0, 0.1) is 5.41 Å². The number of ether oxygens (including phenoxy) is 1. The number of carbonyl (C=O) groups excluding carboxylic acids is 1. The van der Waals surface area contributed by atoms with Crippen molar-refractivity contribution in [3.63, 3.8) is 0 Å². The molecule has 8 heteroatoms. The van der Waals surface area contributed by atoms with Gasteiger partial charge in [0.15, 0.2) is 5.96 Å². The van der Waals surface area contributed by atoms with Crippen LogP contribution in [0.25, 0.3) is 0 Å². The van der Waals surface area contributed by atoms with Gasteiger partial charge < -0.3 is 19.9 Å². The molecule has 2 saturated heterocycles. The Morgan fingerprint density at radius 1 is 1.03 bits per heavy atom. The van der Waals surface area contributed by atoms with E-state index in [1.165, 1.54) is 25.7 Å². The van der Waals surface area contributed by atoms with Crippen LogP contribution in [-0.2, 0) is 9.53 Å². The van der Waals surface area contributed by atoms with Crippen molar-refractivity contribution >= 4 is 35.8 Å². The highest BCUT2D eigenvalue weighted by atomic mass is 127. The molecule has 7 nitrogen and oxygen atoms in total. The maximum Gasteiger partial charge on any atom is 0.239 e. The van der Waals surface area contributed by atoms with Crippen LogP contribution in [0.15, 0.2) is 4.99 Å². The predicted molar refractivity (Wildman–Crippen MR) is 137 cm³/mol. The van der Waals surface area contributed by atoms with Gasteiger partial charge in [-0.15, -0.1) is 24.0 Å². The van der Waals surface area contributed by atoms with Crippen molar-refractivity contribution in [2.24, 2.45) is 10.4 Å². The van der Waals surface area contributed by atoms with Crippen molar-refractivity contribution in [3.05, 3.63) is 0 Å². The Bertz CT molecular complexity index is 568. The zero-order valence-corrected chi connectivity index (χ0v) is 22.2. The zero-order chi connectivity index (χ0) is 21.4. The molecule has 1 amide bonds. The molecule has 1 N–H and O–H groups in total. The summed E-state index contributed by atoms with van der Waals surface area (Å²) in [5.41, 5.74) is 0.315. The molecule has 0 aromatic heterocycles. The second-order valence-corrected chi connectivity index (χ2v) is 9.35. The second-order valence-electron chi connectivity index (χ2n) is 9.35. The highest BCUT2D eigenvalue weighted by molar-refractivity contribution is 14.0. The topological polar surface area (TPSA) is 60.4 Å². The Kier molecular flexibility index (Phi) is 11.3. The maximum absolute atomic E-state index is 12.8. The van der Waals surface area contributed by atoms with E-state index in [4.69, 9.17) is 9.73 Å². The zero-order valence-electron chi connectivity index (χ0n) is 19.9. The number of guanidine groups is 1. The van der Waals surface area contributed by atoms with Crippen LogP contribution in [0.4, 0.5) is 0 Å². The summed E-state index contributed by atoms with van der Waals surface area (Å²) in [5.74, 6) is 1.35. The molecular formula is C23H44IN5O2. The minimum atomic E-state index is -0.0134. The summed E-state index contributed by atoms with van der Waals surface area (Å²) in [5, 5.41) is 3.51. The summed E-state index contributed by atoms with van der Waals surface area (Å²) < 4.78 is 5.38. The smallest absolute Gasteiger partial charge is 0.239 e. The van der Waals surface area contributed by atoms with Gasteiger partial charge in [0.25, 0.3) is 0 Å². The molecule has 0 bridgehead atoms. The Labute approximate surface area is 206 Å². The van der Waals surface area contributed by atoms with Crippen molar-refractivity contribution < 1.29 is 9.53 Å². The SMILES string of the molecule is CCNC(=NCC1(CCOC)CCCC1)N1CCN(C(C)C(=O)N2CCCC2)CC1.I. The summed E-state index contributed by atoms with van der Waals surface area (Å²) in [6.07, 6.45) is 8.58. The van der Waals surface area contributed by atoms with E-state index >= 15 is 0 Å². The number of hydrogen-bond acceptors (Lipinski definition) is 4. The van der Waals surface area contributed by atoms with Crippen LogP contribution < -0.4 is 5.32 Å². The van der Waals surface area contributed by atoms with Crippen LogP contribution in [0.1, 0.15) is 58.8 Å². The number of aliphatic imine (C=N–C) groups is 1. The molecule has 180 valence electrons. The molecule has 0 aromatic carbocycles. The predicted octanol–water partition coefficient (Wildman–Crippen LogP) is 2.80. The lowest BCUT2D eigenvalue weighted by Crippen LogP contribution is -2.57. The average Bonchev–Trinajstić information content (AvgIpc) is 3.47. The van der Waals surface area contributed by atoms with Gasteiger partial charge in [-0.05, 0) is 51.4 Å². The molecule has 1 atom stereocenters. The normalized spacial score (nSPS) is 23.0. The fourth-order valence-corrected chi connectivity index (χ4v) is 5.28. The third-order valence-corrected chi connectivity index (χ3v) is 7.34. The number of carbonyl (C=O) groups is 1. The number of amides is 1. The van der Waals surface area contributed by atoms with Crippen LogP contribution in [-0.4, -0.2) is 98.7 Å². The number of halogens is 1. The molecule has 31 heavy (non-hydrogen) atoms. The summed E-state index contributed by atoms with van der Waals surface area (Å²) in [6.45, 7) is 12.4. The van der Waals surface area contributed by atoms with Gasteiger partial charge in [-0.1, -0.05) is 12.8 Å². The van der Waals surface area contributed by atoms with E-state index < -0.39 is 0 Å². The second kappa shape index (κ2) is 13.2. The molecule has 3 aliphatic rings. The summed E-state index contributed by atoms with van der Waals surface area (Å²) in [6, 6.07) is -0.0134. The van der Waals surface area contributed by atoms with Gasteiger partial charge in [0.1, 0.15) is 0 Å². The Morgan fingerprint density at radius 2 is 1.68 bits per heavy atom. The fraction of sp³-hybridized carbons (Fsp3) is 0.913. The highest BCUT2D eigenvalue weighted by Gasteiger charge is 2.34. The van der Waals surface area contributed by atoms with Crippen molar-refractivity contribution in [1.82, 2.24) is 20.0 Å². The number of likely N-dealkylation sites (tertiary alicyclic amines) is 1. The molecule has 3 fully saturated rings. The number of hydrogen-bond donors (Lipinski definition) is 1. The molecule has 2 aliphatic heterocycles. The van der Waals surface area contributed by atoms with E-state index in [-0.39, 0.29) is 30.0 Å². The third-order valence-electron chi connectivity index (χ3n) is 7.34. The Morgan fingerprint density at radius 3 is 2.26 bits per heavy atom. The number of methoxy groups -OCH3 is 1. The summed E-state index contributed by atoms with van der Waals surface area (Å²) in [7, 11) is 1.80. The van der Waals surface area contributed by atoms with E-state index in [1.54, 1.807) is 7.11 Å². The number of nitrogens with one attached hydrogen (secondary N) is 1. The van der Waals surface area contributed by atoms with Crippen LogP contribution >= 0.6 is 24.0 Å². The largest absolute Gasteiger partial charge is 0.385 e. The van der Waals surface area contributed by atoms with Crippen LogP contribution in [0.2, 0.25) is 0 Å². The van der Waals surface area contributed by atoms with Gasteiger partial charge in [0, 0.05) is 66.1 Å². The van der Waals surface area contributed by atoms with E-state index in [0.717, 1.165) is 84.2 Å². The summed E-state index contributed by atoms with van der Waals surface area (Å²) in [4.78, 5) is 24.6. The van der Waals surface area contributed by atoms with Crippen molar-refractivity contribution in [2.75, 3.05) is 66.1 Å². The lowest BCUT2D eigenvalue weighted by Gasteiger charge is -2.40. The Balaban J connectivity index is 0.00000341. The molecule has 0 radical (unpaired) electrons. The molecule has 1 aliphatic carbocycles. The van der Waals surface area contributed by atoms with Gasteiger partial charge >= 0.3 is 0 Å². The van der Waals surface area contributed by atoms with Crippen molar-refractivity contribution in [3.8, 4) is 0 Å². The summed E-state index contributed by atoms with van der Waals surface area (Å²) >= 11 is 0. The molecule has 3 rings (SSSR count). The van der Waals surface area contributed by atoms with Gasteiger partial charge in [-0.25, -0.2) is 0 Å². The highest BCUT2D eigenvalue weighted by Crippen LogP contribution is 2.41. The number of nitrogens with zero attached hydrogens (tertiary/aromatic N) is 4. The third kappa shape index (κ3) is 7.19. The standard InChI is InChI=1S/C23H43N5O2.HI/c1-4-24-22(25-19-23(11-18-30-3)9-5-6-10-23)28-16-14-26(15-17-28)20(2)21(29)27-12-7-8-13-27;/h20H,4-19H2,1-3H3,(H,24,25);1H. The van der Waals surface area contributed by atoms with Gasteiger partial charge in [0.05, 0.1) is 6.04 Å². The Hall–Kier alpha value is -0.610. The molecular weight excluding hydrogens is 505 g/mol. The van der Waals surface area contributed by atoms with Gasteiger partial charge in [0.2, 0.25) is 5.91 Å². The average molecular weight is 550 g/mol. The first-order chi connectivity index (χ1) is 14.6. The lowest BCUT2D eigenvalue weighted by molar-refractivity contribution is -0.135. The minimum Gasteiger partial charge on any atom is -0.385 e. The van der Waals surface area contributed by atoms with Crippen LogP contribution in [0.5, 0.6) is 0 Å². The molecule has 1 saturated carbocycles. The molecule has 0 spiro atoms. The maximum atomic E-state index is 12.8. The first kappa shape index (κ1) is 26.6.